The quantitative estimate of drug-likeness (QED) is 0.630. The van der Waals surface area contributed by atoms with Crippen molar-refractivity contribution in [2.75, 3.05) is 14.2 Å². The fraction of sp³-hybridized carbons (Fsp3) is 0.300. The van der Waals surface area contributed by atoms with E-state index < -0.39 is 0 Å². The molecule has 0 radical (unpaired) electrons. The number of ether oxygens (including phenoxy) is 2. The van der Waals surface area contributed by atoms with Crippen molar-refractivity contribution in [2.45, 2.75) is 26.4 Å². The first kappa shape index (κ1) is 19.2. The molecule has 3 rings (SSSR count). The number of carbonyl (C=O) groups is 1. The lowest BCUT2D eigenvalue weighted by molar-refractivity contribution is 0.0937. The summed E-state index contributed by atoms with van der Waals surface area (Å²) in [7, 11) is 3.10. The molecule has 7 heteroatoms. The number of imidazole rings is 1. The Balaban J connectivity index is 1.90. The summed E-state index contributed by atoms with van der Waals surface area (Å²) in [6.45, 7) is 4.77. The summed E-state index contributed by atoms with van der Waals surface area (Å²) in [5, 5.41) is 3.02. The zero-order valence-electron chi connectivity index (χ0n) is 15.7. The number of fused-ring (bicyclic) bond motifs is 1. The number of hydrogen-bond acceptors (Lipinski definition) is 4. The van der Waals surface area contributed by atoms with Crippen LogP contribution < -0.4 is 14.8 Å². The van der Waals surface area contributed by atoms with E-state index in [2.05, 4.69) is 32.7 Å². The molecule has 0 fully saturated rings. The zero-order valence-corrected chi connectivity index (χ0v) is 17.3. The first-order valence-electron chi connectivity index (χ1n) is 8.67. The van der Waals surface area contributed by atoms with Crippen LogP contribution in [0.25, 0.3) is 11.0 Å². The molecular weight excluding hydrogens is 410 g/mol. The molecule has 3 aromatic rings. The Morgan fingerprint density at radius 3 is 2.44 bits per heavy atom. The number of methoxy groups -OCH3 is 2. The van der Waals surface area contributed by atoms with Crippen molar-refractivity contribution in [3.05, 3.63) is 52.3 Å². The topological polar surface area (TPSA) is 65.4 Å². The third kappa shape index (κ3) is 3.64. The fourth-order valence-electron chi connectivity index (χ4n) is 3.10. The highest BCUT2D eigenvalue weighted by Crippen LogP contribution is 2.35. The molecule has 1 aromatic heterocycles. The number of aryl methyl sites for hydroxylation is 1. The van der Waals surface area contributed by atoms with Gasteiger partial charge in [0, 0.05) is 12.1 Å². The van der Waals surface area contributed by atoms with E-state index >= 15 is 0 Å². The molecule has 0 aliphatic rings. The highest BCUT2D eigenvalue weighted by atomic mass is 79.9. The molecule has 0 bridgehead atoms. The van der Waals surface area contributed by atoms with Gasteiger partial charge in [-0.1, -0.05) is 12.1 Å². The Bertz CT molecular complexity index is 959. The number of hydrogen-bond donors (Lipinski definition) is 1. The second-order valence-corrected chi connectivity index (χ2v) is 6.89. The van der Waals surface area contributed by atoms with Gasteiger partial charge in [0.05, 0.1) is 31.3 Å². The lowest BCUT2D eigenvalue weighted by Gasteiger charge is -2.16. The third-order valence-corrected chi connectivity index (χ3v) is 5.22. The highest BCUT2D eigenvalue weighted by molar-refractivity contribution is 9.10. The van der Waals surface area contributed by atoms with Crippen LogP contribution in [0.5, 0.6) is 11.5 Å². The van der Waals surface area contributed by atoms with Crippen LogP contribution in [0.3, 0.4) is 0 Å². The van der Waals surface area contributed by atoms with E-state index in [4.69, 9.17) is 14.5 Å². The number of rotatable bonds is 6. The van der Waals surface area contributed by atoms with Crippen LogP contribution in [0.2, 0.25) is 0 Å². The molecule has 0 aliphatic carbocycles. The van der Waals surface area contributed by atoms with Gasteiger partial charge in [0.2, 0.25) is 0 Å². The van der Waals surface area contributed by atoms with Crippen molar-refractivity contribution in [3.8, 4) is 11.5 Å². The van der Waals surface area contributed by atoms with Gasteiger partial charge in [-0.2, -0.15) is 0 Å². The van der Waals surface area contributed by atoms with Crippen LogP contribution in [-0.2, 0) is 6.54 Å². The van der Waals surface area contributed by atoms with Gasteiger partial charge in [0.25, 0.3) is 5.91 Å². The molecule has 27 heavy (non-hydrogen) atoms. The summed E-state index contributed by atoms with van der Waals surface area (Å²) in [5.74, 6) is 1.67. The zero-order chi connectivity index (χ0) is 19.6. The molecule has 1 amide bonds. The summed E-state index contributed by atoms with van der Waals surface area (Å²) < 4.78 is 13.4. The maximum absolute atomic E-state index is 12.8. The number of nitrogens with zero attached hydrogens (tertiary/aromatic N) is 2. The number of carbonyl (C=O) groups excluding carboxylic acids is 1. The Kier molecular flexibility index (Phi) is 5.70. The summed E-state index contributed by atoms with van der Waals surface area (Å²) >= 11 is 3.42. The maximum atomic E-state index is 12.8. The second kappa shape index (κ2) is 8.00. The average molecular weight is 432 g/mol. The van der Waals surface area contributed by atoms with Crippen molar-refractivity contribution < 1.29 is 14.3 Å². The SMILES string of the molecule is CCn1c(C(C)NC(=O)c2cc(OC)c(Br)c(OC)c2)nc2ccccc21. The number of halogens is 1. The molecule has 0 saturated heterocycles. The standard InChI is InChI=1S/C20H22BrN3O3/c1-5-24-15-9-7-6-8-14(15)23-19(24)12(2)22-20(25)13-10-16(26-3)18(21)17(11-13)27-4/h6-12H,5H2,1-4H3,(H,22,25). The van der Waals surface area contributed by atoms with Crippen LogP contribution in [0.15, 0.2) is 40.9 Å². The van der Waals surface area contributed by atoms with Crippen molar-refractivity contribution in [2.24, 2.45) is 0 Å². The molecule has 6 nitrogen and oxygen atoms in total. The van der Waals surface area contributed by atoms with E-state index in [0.29, 0.717) is 21.5 Å². The van der Waals surface area contributed by atoms with Gasteiger partial charge in [-0.05, 0) is 54.0 Å². The predicted molar refractivity (Wildman–Crippen MR) is 109 cm³/mol. The number of benzene rings is 2. The van der Waals surface area contributed by atoms with Crippen LogP contribution in [0, 0.1) is 0 Å². The second-order valence-electron chi connectivity index (χ2n) is 6.09. The lowest BCUT2D eigenvalue weighted by atomic mass is 10.1. The lowest BCUT2D eigenvalue weighted by Crippen LogP contribution is -2.28. The van der Waals surface area contributed by atoms with Gasteiger partial charge >= 0.3 is 0 Å². The van der Waals surface area contributed by atoms with E-state index in [-0.39, 0.29) is 11.9 Å². The number of nitrogens with one attached hydrogen (secondary N) is 1. The van der Waals surface area contributed by atoms with E-state index in [0.717, 1.165) is 23.4 Å². The van der Waals surface area contributed by atoms with E-state index in [1.807, 2.05) is 31.2 Å². The molecule has 1 heterocycles. The Morgan fingerprint density at radius 2 is 1.85 bits per heavy atom. The first-order chi connectivity index (χ1) is 13.0. The Morgan fingerprint density at radius 1 is 1.22 bits per heavy atom. The normalized spacial score (nSPS) is 12.0. The van der Waals surface area contributed by atoms with Crippen LogP contribution in [0.4, 0.5) is 0 Å². The monoisotopic (exact) mass is 431 g/mol. The van der Waals surface area contributed by atoms with E-state index in [1.165, 1.54) is 0 Å². The molecule has 1 atom stereocenters. The molecule has 1 unspecified atom stereocenters. The van der Waals surface area contributed by atoms with Crippen molar-refractivity contribution in [1.29, 1.82) is 0 Å². The minimum atomic E-state index is -0.259. The molecule has 1 N–H and O–H groups in total. The molecule has 2 aromatic carbocycles. The minimum Gasteiger partial charge on any atom is -0.495 e. The summed E-state index contributed by atoms with van der Waals surface area (Å²) in [5.41, 5.74) is 2.43. The van der Waals surface area contributed by atoms with Gasteiger partial charge in [-0.15, -0.1) is 0 Å². The molecule has 142 valence electrons. The van der Waals surface area contributed by atoms with Crippen LogP contribution >= 0.6 is 15.9 Å². The molecule has 0 spiro atoms. The summed E-state index contributed by atoms with van der Waals surface area (Å²) in [6.07, 6.45) is 0. The Hall–Kier alpha value is -2.54. The van der Waals surface area contributed by atoms with Gasteiger partial charge < -0.3 is 19.4 Å². The summed E-state index contributed by atoms with van der Waals surface area (Å²) in [6, 6.07) is 11.1. The van der Waals surface area contributed by atoms with Crippen LogP contribution in [0.1, 0.15) is 36.1 Å². The van der Waals surface area contributed by atoms with Gasteiger partial charge in [-0.3, -0.25) is 4.79 Å². The minimum absolute atomic E-state index is 0.221. The number of amides is 1. The Labute approximate surface area is 166 Å². The largest absolute Gasteiger partial charge is 0.495 e. The molecule has 0 aliphatic heterocycles. The van der Waals surface area contributed by atoms with Crippen molar-refractivity contribution >= 4 is 32.9 Å². The summed E-state index contributed by atoms with van der Waals surface area (Å²) in [4.78, 5) is 17.5. The average Bonchev–Trinajstić information content (AvgIpc) is 3.06. The number of para-hydroxylation sites is 2. The van der Waals surface area contributed by atoms with Gasteiger partial charge in [0.1, 0.15) is 21.8 Å². The van der Waals surface area contributed by atoms with Gasteiger partial charge in [0.15, 0.2) is 0 Å². The number of aromatic nitrogens is 2. The van der Waals surface area contributed by atoms with E-state index in [9.17, 15) is 4.79 Å². The van der Waals surface area contributed by atoms with E-state index in [1.54, 1.807) is 26.4 Å². The third-order valence-electron chi connectivity index (χ3n) is 4.44. The first-order valence-corrected chi connectivity index (χ1v) is 9.47. The predicted octanol–water partition coefficient (Wildman–Crippen LogP) is 4.33. The maximum Gasteiger partial charge on any atom is 0.252 e. The van der Waals surface area contributed by atoms with Crippen molar-refractivity contribution in [1.82, 2.24) is 14.9 Å². The molecule has 0 saturated carbocycles. The fourth-order valence-corrected chi connectivity index (χ4v) is 3.65. The van der Waals surface area contributed by atoms with Crippen molar-refractivity contribution in [3.63, 3.8) is 0 Å². The van der Waals surface area contributed by atoms with Gasteiger partial charge in [-0.25, -0.2) is 4.98 Å². The highest BCUT2D eigenvalue weighted by Gasteiger charge is 2.20. The smallest absolute Gasteiger partial charge is 0.252 e. The molecular formula is C20H22BrN3O3. The van der Waals surface area contributed by atoms with Crippen LogP contribution in [-0.4, -0.2) is 29.7 Å².